The average molecular weight is 458 g/mol. The highest BCUT2D eigenvalue weighted by Gasteiger charge is 2.38. The largest absolute Gasteiger partial charge is 0.490 e. The van der Waals surface area contributed by atoms with Crippen molar-refractivity contribution in [3.8, 4) is 11.3 Å². The number of benzene rings is 2. The van der Waals surface area contributed by atoms with Crippen molar-refractivity contribution in [3.05, 3.63) is 78.8 Å². The van der Waals surface area contributed by atoms with E-state index < -0.39 is 18.2 Å². The summed E-state index contributed by atoms with van der Waals surface area (Å²) >= 11 is 0. The van der Waals surface area contributed by atoms with E-state index in [4.69, 9.17) is 9.90 Å². The van der Waals surface area contributed by atoms with Gasteiger partial charge in [0.25, 0.3) is 0 Å². The molecule has 0 fully saturated rings. The number of aliphatic carboxylic acids is 1. The lowest BCUT2D eigenvalue weighted by atomic mass is 10.1. The summed E-state index contributed by atoms with van der Waals surface area (Å²) < 4.78 is 33.8. The Kier molecular flexibility index (Phi) is 7.29. The quantitative estimate of drug-likeness (QED) is 0.410. The fourth-order valence-electron chi connectivity index (χ4n) is 3.05. The molecule has 0 bridgehead atoms. The number of aryl methyl sites for hydroxylation is 1. The lowest BCUT2D eigenvalue weighted by Gasteiger charge is -2.13. The van der Waals surface area contributed by atoms with E-state index in [1.54, 1.807) is 6.33 Å². The highest BCUT2D eigenvalue weighted by molar-refractivity contribution is 5.85. The molecule has 0 aliphatic carbocycles. The van der Waals surface area contributed by atoms with Crippen LogP contribution in [-0.4, -0.2) is 43.4 Å². The van der Waals surface area contributed by atoms with Gasteiger partial charge in [-0.15, -0.1) is 0 Å². The maximum Gasteiger partial charge on any atom is 0.490 e. The molecule has 4 aromatic rings. The van der Waals surface area contributed by atoms with Crippen LogP contribution in [0.1, 0.15) is 11.7 Å². The molecule has 33 heavy (non-hydrogen) atoms. The minimum Gasteiger partial charge on any atom is -0.475 e. The van der Waals surface area contributed by atoms with Crippen LogP contribution in [0.25, 0.3) is 22.2 Å². The van der Waals surface area contributed by atoms with Crippen molar-refractivity contribution in [1.29, 1.82) is 0 Å². The van der Waals surface area contributed by atoms with Gasteiger partial charge in [0.05, 0.1) is 11.8 Å². The summed E-state index contributed by atoms with van der Waals surface area (Å²) in [7, 11) is 2.03. The molecular weight excluding hydrogens is 437 g/mol. The van der Waals surface area contributed by atoms with E-state index >= 15 is 0 Å². The maximum absolute atomic E-state index is 10.6. The van der Waals surface area contributed by atoms with Crippen molar-refractivity contribution < 1.29 is 28.2 Å². The number of aliphatic hydroxyl groups is 1. The number of hydrogen-bond acceptors (Lipinski definition) is 5. The van der Waals surface area contributed by atoms with Gasteiger partial charge in [-0.2, -0.15) is 13.2 Å². The van der Waals surface area contributed by atoms with Gasteiger partial charge >= 0.3 is 12.1 Å². The molecule has 0 unspecified atom stereocenters. The lowest BCUT2D eigenvalue weighted by molar-refractivity contribution is -0.192. The number of nitrogens with one attached hydrogen (secondary N) is 1. The van der Waals surface area contributed by atoms with E-state index in [2.05, 4.69) is 44.1 Å². The molecule has 172 valence electrons. The van der Waals surface area contributed by atoms with Crippen LogP contribution < -0.4 is 5.32 Å². The van der Waals surface area contributed by atoms with Crippen molar-refractivity contribution >= 4 is 22.7 Å². The Hall–Kier alpha value is -3.92. The van der Waals surface area contributed by atoms with Crippen LogP contribution >= 0.6 is 0 Å². The summed E-state index contributed by atoms with van der Waals surface area (Å²) in [5.74, 6) is -2.06. The highest BCUT2D eigenvalue weighted by Crippen LogP contribution is 2.24. The number of hydrogen-bond donors (Lipinski definition) is 3. The number of fused-ring (bicyclic) bond motifs is 1. The summed E-state index contributed by atoms with van der Waals surface area (Å²) in [6.07, 6.45) is -2.08. The molecule has 0 saturated carbocycles. The molecule has 0 saturated heterocycles. The molecule has 2 heterocycles. The molecule has 0 spiro atoms. The number of carbonyl (C=O) groups is 1. The van der Waals surface area contributed by atoms with Gasteiger partial charge in [0.2, 0.25) is 0 Å². The van der Waals surface area contributed by atoms with Crippen LogP contribution in [0.4, 0.5) is 19.0 Å². The fourth-order valence-corrected chi connectivity index (χ4v) is 3.05. The number of carboxylic acids is 1. The number of anilines is 1. The van der Waals surface area contributed by atoms with Gasteiger partial charge in [0.1, 0.15) is 12.1 Å². The summed E-state index contributed by atoms with van der Waals surface area (Å²) in [6.45, 7) is 0.387. The van der Waals surface area contributed by atoms with Gasteiger partial charge in [0.15, 0.2) is 0 Å². The molecule has 1 atom stereocenters. The molecule has 2 aromatic heterocycles. The maximum atomic E-state index is 10.6. The molecule has 2 aromatic carbocycles. The third-order valence-corrected chi connectivity index (χ3v) is 4.75. The zero-order valence-electron chi connectivity index (χ0n) is 17.5. The Bertz CT molecular complexity index is 1230. The standard InChI is InChI=1S/C21H20N4O.C2HF3O2/c1-25-10-9-17-11-16(7-8-19(17)25)18-12-21(24-14-23-18)22-13-20(26)15-5-3-2-4-6-15;3-2(4,5)1(6)7/h2-12,14,20,26H,13H2,1H3,(H,22,23,24);(H,6,7)/t20-;/m0./s1. The first kappa shape index (κ1) is 23.7. The first-order valence-electron chi connectivity index (χ1n) is 9.79. The summed E-state index contributed by atoms with van der Waals surface area (Å²) in [5, 5.41) is 21.8. The summed E-state index contributed by atoms with van der Waals surface area (Å²) in [4.78, 5) is 17.5. The Balaban J connectivity index is 0.000000383. The second kappa shape index (κ2) is 10.1. The van der Waals surface area contributed by atoms with E-state index in [0.717, 1.165) is 16.8 Å². The molecule has 3 N–H and O–H groups in total. The Morgan fingerprint density at radius 2 is 1.79 bits per heavy atom. The number of rotatable bonds is 5. The number of carboxylic acid groups (broad SMARTS) is 1. The van der Waals surface area contributed by atoms with Crippen molar-refractivity contribution in [1.82, 2.24) is 14.5 Å². The van der Waals surface area contributed by atoms with Crippen molar-refractivity contribution in [2.24, 2.45) is 7.05 Å². The molecule has 10 heteroatoms. The fraction of sp³-hybridized carbons (Fsp3) is 0.174. The zero-order valence-corrected chi connectivity index (χ0v) is 17.5. The normalized spacial score (nSPS) is 12.0. The van der Waals surface area contributed by atoms with Crippen molar-refractivity contribution in [2.75, 3.05) is 11.9 Å². The van der Waals surface area contributed by atoms with E-state index in [0.29, 0.717) is 12.4 Å². The Morgan fingerprint density at radius 1 is 1.09 bits per heavy atom. The van der Waals surface area contributed by atoms with Crippen LogP contribution in [0.2, 0.25) is 0 Å². The van der Waals surface area contributed by atoms with Crippen LogP contribution in [0.15, 0.2) is 73.2 Å². The second-order valence-electron chi connectivity index (χ2n) is 7.10. The number of nitrogens with zero attached hydrogens (tertiary/aromatic N) is 3. The summed E-state index contributed by atoms with van der Waals surface area (Å²) in [5.41, 5.74) is 3.95. The number of aromatic nitrogens is 3. The van der Waals surface area contributed by atoms with Gasteiger partial charge in [-0.05, 0) is 23.8 Å². The van der Waals surface area contributed by atoms with Crippen LogP contribution in [0, 0.1) is 0 Å². The van der Waals surface area contributed by atoms with Gasteiger partial charge < -0.3 is 20.1 Å². The van der Waals surface area contributed by atoms with Gasteiger partial charge in [-0.25, -0.2) is 14.8 Å². The van der Waals surface area contributed by atoms with Gasteiger partial charge in [0, 0.05) is 42.3 Å². The third kappa shape index (κ3) is 6.30. The van der Waals surface area contributed by atoms with E-state index in [1.807, 2.05) is 49.6 Å². The molecule has 4 rings (SSSR count). The minimum atomic E-state index is -5.08. The molecule has 7 nitrogen and oxygen atoms in total. The molecule has 0 radical (unpaired) electrons. The van der Waals surface area contributed by atoms with Crippen molar-refractivity contribution in [2.45, 2.75) is 12.3 Å². The first-order valence-corrected chi connectivity index (χ1v) is 9.79. The van der Waals surface area contributed by atoms with Crippen molar-refractivity contribution in [3.63, 3.8) is 0 Å². The molecule has 0 aliphatic rings. The third-order valence-electron chi connectivity index (χ3n) is 4.75. The van der Waals surface area contributed by atoms with E-state index in [-0.39, 0.29) is 0 Å². The van der Waals surface area contributed by atoms with E-state index in [1.165, 1.54) is 10.9 Å². The number of alkyl halides is 3. The number of halogens is 3. The zero-order chi connectivity index (χ0) is 24.0. The van der Waals surface area contributed by atoms with E-state index in [9.17, 15) is 18.3 Å². The topological polar surface area (TPSA) is 100 Å². The average Bonchev–Trinajstić information content (AvgIpc) is 3.18. The minimum absolute atomic E-state index is 0.387. The monoisotopic (exact) mass is 458 g/mol. The second-order valence-corrected chi connectivity index (χ2v) is 7.10. The molecule has 0 amide bonds. The lowest BCUT2D eigenvalue weighted by Crippen LogP contribution is -2.21. The summed E-state index contributed by atoms with van der Waals surface area (Å²) in [6, 6.07) is 19.9. The molecular formula is C23H21F3N4O3. The van der Waals surface area contributed by atoms with Crippen LogP contribution in [-0.2, 0) is 11.8 Å². The number of aliphatic hydroxyl groups excluding tert-OH is 1. The van der Waals surface area contributed by atoms with Crippen LogP contribution in [0.3, 0.4) is 0 Å². The van der Waals surface area contributed by atoms with Gasteiger partial charge in [-0.1, -0.05) is 36.4 Å². The smallest absolute Gasteiger partial charge is 0.475 e. The first-order chi connectivity index (χ1) is 15.6. The Morgan fingerprint density at radius 3 is 2.45 bits per heavy atom. The molecule has 0 aliphatic heterocycles. The Labute approximate surface area is 187 Å². The predicted octanol–water partition coefficient (Wildman–Crippen LogP) is 4.41. The van der Waals surface area contributed by atoms with Gasteiger partial charge in [-0.3, -0.25) is 0 Å². The highest BCUT2D eigenvalue weighted by atomic mass is 19.4. The van der Waals surface area contributed by atoms with Crippen LogP contribution in [0.5, 0.6) is 0 Å². The SMILES string of the molecule is Cn1ccc2cc(-c3cc(NC[C@H](O)c4ccccc4)ncn3)ccc21.O=C(O)C(F)(F)F. The predicted molar refractivity (Wildman–Crippen MR) is 118 cm³/mol.